The number of nitrogens with one attached hydrogen (secondary N) is 1. The van der Waals surface area contributed by atoms with Crippen molar-refractivity contribution in [1.29, 1.82) is 0 Å². The SMILES string of the molecule is CC[C@H](C(=O)NCCOc1ccc(OC)cc1)N(c1ccc(Cl)cc1)S(C)(=O)=O. The van der Waals surface area contributed by atoms with Crippen LogP contribution in [0.25, 0.3) is 0 Å². The van der Waals surface area contributed by atoms with Crippen LogP contribution in [-0.2, 0) is 14.8 Å². The normalized spacial score (nSPS) is 12.1. The van der Waals surface area contributed by atoms with Gasteiger partial charge in [0, 0.05) is 5.02 Å². The van der Waals surface area contributed by atoms with E-state index in [1.807, 2.05) is 0 Å². The average molecular weight is 441 g/mol. The molecule has 0 aromatic heterocycles. The predicted octanol–water partition coefficient (Wildman–Crippen LogP) is 3.09. The lowest BCUT2D eigenvalue weighted by atomic mass is 10.2. The van der Waals surface area contributed by atoms with Crippen LogP contribution < -0.4 is 19.1 Å². The van der Waals surface area contributed by atoms with Crippen LogP contribution in [0.1, 0.15) is 13.3 Å². The molecule has 0 radical (unpaired) electrons. The van der Waals surface area contributed by atoms with Gasteiger partial charge in [0.15, 0.2) is 0 Å². The Morgan fingerprint density at radius 2 is 1.69 bits per heavy atom. The molecule has 158 valence electrons. The van der Waals surface area contributed by atoms with Crippen LogP contribution in [0, 0.1) is 0 Å². The Hall–Kier alpha value is -2.45. The van der Waals surface area contributed by atoms with Crippen molar-refractivity contribution >= 4 is 33.2 Å². The first kappa shape index (κ1) is 22.8. The summed E-state index contributed by atoms with van der Waals surface area (Å²) in [6.07, 6.45) is 1.38. The number of amides is 1. The van der Waals surface area contributed by atoms with Crippen LogP contribution in [0.2, 0.25) is 5.02 Å². The molecule has 0 spiro atoms. The number of halogens is 1. The van der Waals surface area contributed by atoms with E-state index in [9.17, 15) is 13.2 Å². The third-order valence-electron chi connectivity index (χ3n) is 4.14. The molecule has 7 nitrogen and oxygen atoms in total. The van der Waals surface area contributed by atoms with Crippen LogP contribution in [0.3, 0.4) is 0 Å². The van der Waals surface area contributed by atoms with E-state index in [1.54, 1.807) is 62.6 Å². The topological polar surface area (TPSA) is 84.9 Å². The highest BCUT2D eigenvalue weighted by Gasteiger charge is 2.31. The van der Waals surface area contributed by atoms with Crippen molar-refractivity contribution in [2.24, 2.45) is 0 Å². The molecule has 0 aliphatic rings. The maximum Gasteiger partial charge on any atom is 0.244 e. The largest absolute Gasteiger partial charge is 0.497 e. The lowest BCUT2D eigenvalue weighted by Gasteiger charge is -2.30. The molecular weight excluding hydrogens is 416 g/mol. The van der Waals surface area contributed by atoms with Gasteiger partial charge in [0.05, 0.1) is 25.6 Å². The summed E-state index contributed by atoms with van der Waals surface area (Å²) in [5.74, 6) is 0.969. The maximum absolute atomic E-state index is 12.7. The van der Waals surface area contributed by atoms with Gasteiger partial charge < -0.3 is 14.8 Å². The van der Waals surface area contributed by atoms with Gasteiger partial charge >= 0.3 is 0 Å². The van der Waals surface area contributed by atoms with Gasteiger partial charge in [-0.3, -0.25) is 9.10 Å². The summed E-state index contributed by atoms with van der Waals surface area (Å²) >= 11 is 5.89. The quantitative estimate of drug-likeness (QED) is 0.574. The van der Waals surface area contributed by atoms with Gasteiger partial charge in [-0.15, -0.1) is 0 Å². The Morgan fingerprint density at radius 1 is 1.10 bits per heavy atom. The highest BCUT2D eigenvalue weighted by Crippen LogP contribution is 2.24. The molecule has 0 saturated carbocycles. The van der Waals surface area contributed by atoms with E-state index < -0.39 is 22.0 Å². The van der Waals surface area contributed by atoms with Crippen molar-refractivity contribution in [3.63, 3.8) is 0 Å². The molecule has 2 rings (SSSR count). The number of ether oxygens (including phenoxy) is 2. The molecule has 1 atom stereocenters. The lowest BCUT2D eigenvalue weighted by molar-refractivity contribution is -0.122. The second-order valence-corrected chi connectivity index (χ2v) is 8.57. The summed E-state index contributed by atoms with van der Waals surface area (Å²) in [6.45, 7) is 2.24. The number of benzene rings is 2. The Morgan fingerprint density at radius 3 is 2.21 bits per heavy atom. The fraction of sp³-hybridized carbons (Fsp3) is 0.350. The molecular formula is C20H25ClN2O5S. The number of hydrogen-bond donors (Lipinski definition) is 1. The van der Waals surface area contributed by atoms with Crippen LogP contribution in [0.15, 0.2) is 48.5 Å². The molecule has 0 saturated heterocycles. The van der Waals surface area contributed by atoms with Gasteiger partial charge in [-0.05, 0) is 55.0 Å². The Balaban J connectivity index is 2.00. The zero-order valence-corrected chi connectivity index (χ0v) is 18.2. The van der Waals surface area contributed by atoms with Gasteiger partial charge in [-0.25, -0.2) is 8.42 Å². The first-order chi connectivity index (χ1) is 13.8. The minimum atomic E-state index is -3.68. The summed E-state index contributed by atoms with van der Waals surface area (Å²) in [5, 5.41) is 3.22. The summed E-state index contributed by atoms with van der Waals surface area (Å²) in [7, 11) is -2.10. The molecule has 2 aromatic rings. The lowest BCUT2D eigenvalue weighted by Crippen LogP contribution is -2.50. The molecule has 0 fully saturated rings. The summed E-state index contributed by atoms with van der Waals surface area (Å²) in [4.78, 5) is 12.7. The zero-order valence-electron chi connectivity index (χ0n) is 16.6. The third kappa shape index (κ3) is 6.54. The van der Waals surface area contributed by atoms with Crippen LogP contribution in [0.5, 0.6) is 11.5 Å². The fourth-order valence-corrected chi connectivity index (χ4v) is 4.12. The van der Waals surface area contributed by atoms with Gasteiger partial charge in [0.2, 0.25) is 15.9 Å². The standard InChI is InChI=1S/C20H25ClN2O5S/c1-4-19(23(29(3,25)26)16-7-5-15(21)6-8-16)20(24)22-13-14-28-18-11-9-17(27-2)10-12-18/h5-12,19H,4,13-14H2,1-3H3,(H,22,24)/t19-/m1/s1. The second-order valence-electron chi connectivity index (χ2n) is 6.27. The van der Waals surface area contributed by atoms with Crippen molar-refractivity contribution in [3.8, 4) is 11.5 Å². The highest BCUT2D eigenvalue weighted by atomic mass is 35.5. The van der Waals surface area contributed by atoms with E-state index in [0.29, 0.717) is 22.9 Å². The monoisotopic (exact) mass is 440 g/mol. The van der Waals surface area contributed by atoms with E-state index in [-0.39, 0.29) is 13.2 Å². The first-order valence-electron chi connectivity index (χ1n) is 9.05. The van der Waals surface area contributed by atoms with Crippen molar-refractivity contribution in [1.82, 2.24) is 5.32 Å². The number of carbonyl (C=O) groups excluding carboxylic acids is 1. The van der Waals surface area contributed by atoms with Crippen LogP contribution in [0.4, 0.5) is 5.69 Å². The fourth-order valence-electron chi connectivity index (χ4n) is 2.78. The molecule has 0 unspecified atom stereocenters. The van der Waals surface area contributed by atoms with Gasteiger partial charge in [-0.1, -0.05) is 18.5 Å². The van der Waals surface area contributed by atoms with Crippen molar-refractivity contribution in [2.45, 2.75) is 19.4 Å². The molecule has 2 aromatic carbocycles. The maximum atomic E-state index is 12.7. The summed E-state index contributed by atoms with van der Waals surface area (Å²) in [5.41, 5.74) is 0.383. The minimum absolute atomic E-state index is 0.236. The first-order valence-corrected chi connectivity index (χ1v) is 11.3. The second kappa shape index (κ2) is 10.4. The minimum Gasteiger partial charge on any atom is -0.497 e. The Bertz CT molecular complexity index is 901. The van der Waals surface area contributed by atoms with Crippen LogP contribution >= 0.6 is 11.6 Å². The van der Waals surface area contributed by atoms with E-state index in [4.69, 9.17) is 21.1 Å². The average Bonchev–Trinajstić information content (AvgIpc) is 2.69. The number of rotatable bonds is 10. The van der Waals surface area contributed by atoms with Crippen molar-refractivity contribution in [2.75, 3.05) is 30.8 Å². The highest BCUT2D eigenvalue weighted by molar-refractivity contribution is 7.92. The molecule has 0 aliphatic heterocycles. The smallest absolute Gasteiger partial charge is 0.244 e. The molecule has 0 bridgehead atoms. The zero-order chi connectivity index (χ0) is 21.4. The number of methoxy groups -OCH3 is 1. The van der Waals surface area contributed by atoms with Gasteiger partial charge in [0.25, 0.3) is 0 Å². The van der Waals surface area contributed by atoms with E-state index >= 15 is 0 Å². The van der Waals surface area contributed by atoms with Crippen LogP contribution in [-0.4, -0.2) is 46.9 Å². The number of carbonyl (C=O) groups is 1. The molecule has 1 amide bonds. The molecule has 29 heavy (non-hydrogen) atoms. The Kier molecular flexibility index (Phi) is 8.16. The molecule has 1 N–H and O–H groups in total. The van der Waals surface area contributed by atoms with E-state index in [1.165, 1.54) is 0 Å². The number of nitrogens with zero attached hydrogens (tertiary/aromatic N) is 1. The summed E-state index contributed by atoms with van der Waals surface area (Å²) < 4.78 is 36.5. The van der Waals surface area contributed by atoms with Crippen molar-refractivity contribution < 1.29 is 22.7 Å². The molecule has 0 aliphatic carbocycles. The Labute approximate surface area is 176 Å². The van der Waals surface area contributed by atoms with E-state index in [2.05, 4.69) is 5.32 Å². The van der Waals surface area contributed by atoms with Crippen molar-refractivity contribution in [3.05, 3.63) is 53.6 Å². The number of sulfonamides is 1. The number of anilines is 1. The van der Waals surface area contributed by atoms with Gasteiger partial charge in [0.1, 0.15) is 24.1 Å². The van der Waals surface area contributed by atoms with E-state index in [0.717, 1.165) is 16.3 Å². The number of hydrogen-bond acceptors (Lipinski definition) is 5. The third-order valence-corrected chi connectivity index (χ3v) is 5.57. The van der Waals surface area contributed by atoms with Gasteiger partial charge in [-0.2, -0.15) is 0 Å². The predicted molar refractivity (Wildman–Crippen MR) is 114 cm³/mol. The molecule has 0 heterocycles. The molecule has 9 heteroatoms. The summed E-state index contributed by atoms with van der Waals surface area (Å²) in [6, 6.07) is 12.5.